The highest BCUT2D eigenvalue weighted by atomic mass is 16.5. The standard InChI is InChI=1S/C28H31N7O2/c1-4-6-7-9-20(8-5-2)24-17-23-26(37-24)27(35-12-14-36-15-13-35)32-28(30-23)31-25-18-22(33-34-25)21-10-11-29-19(3)16-21/h5-11,16-18H,4,12-15H2,1-3H3,(H2,30,31,32,33,34)/b7-6+,8-5-,20-9+. The normalized spacial score (nSPS) is 14.9. The van der Waals surface area contributed by atoms with Crippen molar-refractivity contribution >= 4 is 34.3 Å². The van der Waals surface area contributed by atoms with Crippen LogP contribution in [-0.2, 0) is 4.74 Å². The number of aryl methyl sites for hydroxylation is 1. The second kappa shape index (κ2) is 11.2. The molecule has 0 aliphatic carbocycles. The Bertz CT molecular complexity index is 1460. The van der Waals surface area contributed by atoms with Crippen LogP contribution >= 0.6 is 0 Å². The van der Waals surface area contributed by atoms with Gasteiger partial charge in [0, 0.05) is 48.2 Å². The summed E-state index contributed by atoms with van der Waals surface area (Å²) in [6.45, 7) is 8.80. The zero-order chi connectivity index (χ0) is 25.6. The van der Waals surface area contributed by atoms with E-state index in [0.717, 1.165) is 59.1 Å². The number of aromatic nitrogens is 5. The monoisotopic (exact) mass is 497 g/mol. The molecule has 0 unspecified atom stereocenters. The van der Waals surface area contributed by atoms with E-state index in [-0.39, 0.29) is 0 Å². The molecule has 0 radical (unpaired) electrons. The molecule has 0 amide bonds. The summed E-state index contributed by atoms with van der Waals surface area (Å²) in [5.41, 5.74) is 5.19. The van der Waals surface area contributed by atoms with Gasteiger partial charge in [-0.1, -0.05) is 37.3 Å². The summed E-state index contributed by atoms with van der Waals surface area (Å²) in [6.07, 6.45) is 13.0. The van der Waals surface area contributed by atoms with Gasteiger partial charge in [-0.3, -0.25) is 10.1 Å². The SMILES string of the molecule is C\C=C/C(=C\C=C\CC)c1cc2nc(Nc3cc(-c4ccnc(C)c4)[nH]n3)nc(N3CCOCC3)c2o1. The maximum Gasteiger partial charge on any atom is 0.231 e. The first-order chi connectivity index (χ1) is 18.1. The van der Waals surface area contributed by atoms with Crippen molar-refractivity contribution in [1.29, 1.82) is 0 Å². The van der Waals surface area contributed by atoms with E-state index in [1.807, 2.05) is 62.4 Å². The number of hydrogen-bond donors (Lipinski definition) is 2. The lowest BCUT2D eigenvalue weighted by Crippen LogP contribution is -2.37. The van der Waals surface area contributed by atoms with Gasteiger partial charge in [0.15, 0.2) is 17.2 Å². The van der Waals surface area contributed by atoms with Gasteiger partial charge in [0.05, 0.1) is 18.9 Å². The molecule has 2 N–H and O–H groups in total. The van der Waals surface area contributed by atoms with E-state index in [2.05, 4.69) is 38.4 Å². The van der Waals surface area contributed by atoms with Crippen molar-refractivity contribution in [3.05, 3.63) is 72.3 Å². The zero-order valence-corrected chi connectivity index (χ0v) is 21.4. The predicted molar refractivity (Wildman–Crippen MR) is 147 cm³/mol. The smallest absolute Gasteiger partial charge is 0.231 e. The largest absolute Gasteiger partial charge is 0.450 e. The molecular formula is C28H31N7O2. The molecule has 1 fully saturated rings. The molecule has 0 bridgehead atoms. The topological polar surface area (TPSA) is 105 Å². The average Bonchev–Trinajstić information content (AvgIpc) is 3.56. The molecule has 0 saturated carbocycles. The number of pyridine rings is 1. The van der Waals surface area contributed by atoms with Crippen molar-refractivity contribution in [2.75, 3.05) is 36.5 Å². The number of hydrogen-bond acceptors (Lipinski definition) is 8. The Morgan fingerprint density at radius 3 is 2.84 bits per heavy atom. The molecule has 5 heterocycles. The van der Waals surface area contributed by atoms with Crippen molar-refractivity contribution < 1.29 is 9.15 Å². The van der Waals surface area contributed by atoms with Crippen molar-refractivity contribution in [3.63, 3.8) is 0 Å². The van der Waals surface area contributed by atoms with Crippen LogP contribution in [0.3, 0.4) is 0 Å². The van der Waals surface area contributed by atoms with E-state index < -0.39 is 0 Å². The minimum absolute atomic E-state index is 0.452. The van der Waals surface area contributed by atoms with Crippen LogP contribution in [0.2, 0.25) is 0 Å². The lowest BCUT2D eigenvalue weighted by Gasteiger charge is -2.27. The van der Waals surface area contributed by atoms with E-state index in [4.69, 9.17) is 19.1 Å². The van der Waals surface area contributed by atoms with Gasteiger partial charge in [0.25, 0.3) is 0 Å². The number of ether oxygens (including phenoxy) is 1. The predicted octanol–water partition coefficient (Wildman–Crippen LogP) is 5.82. The van der Waals surface area contributed by atoms with E-state index in [1.165, 1.54) is 0 Å². The number of fused-ring (bicyclic) bond motifs is 1. The fourth-order valence-corrected chi connectivity index (χ4v) is 4.17. The quantitative estimate of drug-likeness (QED) is 0.293. The first-order valence-electron chi connectivity index (χ1n) is 12.5. The molecule has 1 saturated heterocycles. The maximum atomic E-state index is 6.36. The summed E-state index contributed by atoms with van der Waals surface area (Å²) >= 11 is 0. The van der Waals surface area contributed by atoms with E-state index in [9.17, 15) is 0 Å². The van der Waals surface area contributed by atoms with E-state index in [0.29, 0.717) is 30.6 Å². The van der Waals surface area contributed by atoms with Crippen molar-refractivity contribution in [3.8, 4) is 11.3 Å². The molecule has 0 aromatic carbocycles. The van der Waals surface area contributed by atoms with Gasteiger partial charge in [0.1, 0.15) is 11.3 Å². The number of allylic oxidation sites excluding steroid dienone is 6. The van der Waals surface area contributed by atoms with Gasteiger partial charge in [-0.15, -0.1) is 0 Å². The number of furan rings is 1. The molecule has 190 valence electrons. The van der Waals surface area contributed by atoms with Crippen molar-refractivity contribution in [2.24, 2.45) is 0 Å². The molecule has 0 spiro atoms. The third-order valence-electron chi connectivity index (χ3n) is 5.97. The second-order valence-electron chi connectivity index (χ2n) is 8.73. The van der Waals surface area contributed by atoms with Crippen LogP contribution in [0.4, 0.5) is 17.6 Å². The lowest BCUT2D eigenvalue weighted by molar-refractivity contribution is 0.122. The summed E-state index contributed by atoms with van der Waals surface area (Å²) in [5, 5.41) is 10.8. The van der Waals surface area contributed by atoms with Crippen LogP contribution in [-0.4, -0.2) is 51.5 Å². The van der Waals surface area contributed by atoms with Crippen LogP contribution in [0.5, 0.6) is 0 Å². The lowest BCUT2D eigenvalue weighted by atomic mass is 10.1. The van der Waals surface area contributed by atoms with Gasteiger partial charge in [-0.25, -0.2) is 4.98 Å². The number of rotatable bonds is 8. The highest BCUT2D eigenvalue weighted by Gasteiger charge is 2.22. The van der Waals surface area contributed by atoms with Gasteiger partial charge in [-0.05, 0) is 32.4 Å². The summed E-state index contributed by atoms with van der Waals surface area (Å²) in [6, 6.07) is 7.86. The number of nitrogens with one attached hydrogen (secondary N) is 2. The Labute approximate surface area is 216 Å². The highest BCUT2D eigenvalue weighted by molar-refractivity contribution is 5.89. The Hall–Kier alpha value is -4.24. The number of morpholine rings is 1. The third-order valence-corrected chi connectivity index (χ3v) is 5.97. The van der Waals surface area contributed by atoms with Crippen molar-refractivity contribution in [1.82, 2.24) is 25.1 Å². The first kappa shape index (κ1) is 24.5. The summed E-state index contributed by atoms with van der Waals surface area (Å²) < 4.78 is 11.9. The summed E-state index contributed by atoms with van der Waals surface area (Å²) in [5.74, 6) is 2.56. The van der Waals surface area contributed by atoms with Crippen molar-refractivity contribution in [2.45, 2.75) is 27.2 Å². The minimum atomic E-state index is 0.452. The molecule has 1 aliphatic rings. The van der Waals surface area contributed by atoms with Gasteiger partial charge in [-0.2, -0.15) is 10.1 Å². The molecule has 9 heteroatoms. The fourth-order valence-electron chi connectivity index (χ4n) is 4.17. The number of nitrogens with zero attached hydrogens (tertiary/aromatic N) is 5. The van der Waals surface area contributed by atoms with E-state index >= 15 is 0 Å². The zero-order valence-electron chi connectivity index (χ0n) is 21.4. The van der Waals surface area contributed by atoms with Crippen LogP contribution in [0, 0.1) is 6.92 Å². The Kier molecular flexibility index (Phi) is 7.41. The number of anilines is 3. The average molecular weight is 498 g/mol. The molecule has 1 aliphatic heterocycles. The highest BCUT2D eigenvalue weighted by Crippen LogP contribution is 2.33. The van der Waals surface area contributed by atoms with Crippen LogP contribution in [0.25, 0.3) is 27.9 Å². The molecular weight excluding hydrogens is 466 g/mol. The molecule has 37 heavy (non-hydrogen) atoms. The summed E-state index contributed by atoms with van der Waals surface area (Å²) in [4.78, 5) is 16.1. The van der Waals surface area contributed by atoms with Gasteiger partial charge in [0.2, 0.25) is 5.95 Å². The first-order valence-corrected chi connectivity index (χ1v) is 12.5. The second-order valence-corrected chi connectivity index (χ2v) is 8.73. The Morgan fingerprint density at radius 2 is 2.05 bits per heavy atom. The van der Waals surface area contributed by atoms with E-state index in [1.54, 1.807) is 6.20 Å². The minimum Gasteiger partial charge on any atom is -0.450 e. The maximum absolute atomic E-state index is 6.36. The fraction of sp³-hybridized carbons (Fsp3) is 0.286. The molecule has 0 atom stereocenters. The van der Waals surface area contributed by atoms with Crippen LogP contribution in [0.1, 0.15) is 31.7 Å². The third kappa shape index (κ3) is 5.62. The Morgan fingerprint density at radius 1 is 1.19 bits per heavy atom. The van der Waals surface area contributed by atoms with Crippen LogP contribution in [0.15, 0.2) is 65.3 Å². The molecule has 4 aromatic rings. The molecule has 4 aromatic heterocycles. The summed E-state index contributed by atoms with van der Waals surface area (Å²) in [7, 11) is 0. The van der Waals surface area contributed by atoms with Crippen LogP contribution < -0.4 is 10.2 Å². The number of H-pyrrole nitrogens is 1. The molecule has 9 nitrogen and oxygen atoms in total. The molecule has 5 rings (SSSR count). The van der Waals surface area contributed by atoms with Gasteiger partial charge >= 0.3 is 0 Å². The Balaban J connectivity index is 1.52. The number of aromatic amines is 1. The van der Waals surface area contributed by atoms with Gasteiger partial charge < -0.3 is 19.4 Å².